The van der Waals surface area contributed by atoms with Crippen LogP contribution in [0.1, 0.15) is 76.5 Å². The lowest BCUT2D eigenvalue weighted by atomic mass is 9.77. The normalized spacial score (nSPS) is 20.5. The molecule has 0 aromatic heterocycles. The number of halogens is 1. The molecule has 1 aliphatic carbocycles. The largest absolute Gasteiger partial charge is 0.466 e. The number of aliphatic hydroxyl groups is 1. The number of ether oxygens (including phenoxy) is 2. The fourth-order valence-electron chi connectivity index (χ4n) is 5.73. The highest BCUT2D eigenvalue weighted by molar-refractivity contribution is 6.31. The van der Waals surface area contributed by atoms with Crippen molar-refractivity contribution in [3.8, 4) is 0 Å². The molecule has 1 aliphatic rings. The number of esters is 1. The van der Waals surface area contributed by atoms with Crippen LogP contribution in [0.4, 0.5) is 4.79 Å². The first kappa shape index (κ1) is 32.9. The maximum absolute atomic E-state index is 13.2. The maximum atomic E-state index is 13.2. The average Bonchev–Trinajstić information content (AvgIpc) is 3.28. The Balaban J connectivity index is 1.77. The van der Waals surface area contributed by atoms with Gasteiger partial charge in [-0.25, -0.2) is 4.79 Å². The van der Waals surface area contributed by atoms with E-state index >= 15 is 0 Å². The van der Waals surface area contributed by atoms with Gasteiger partial charge < -0.3 is 25.2 Å². The summed E-state index contributed by atoms with van der Waals surface area (Å²) in [4.78, 5) is 24.9. The Morgan fingerprint density at radius 3 is 2.56 bits per heavy atom. The number of urea groups is 1. The third kappa shape index (κ3) is 9.73. The molecule has 226 valence electrons. The van der Waals surface area contributed by atoms with Crippen molar-refractivity contribution in [2.24, 2.45) is 17.3 Å². The molecule has 3 unspecified atom stereocenters. The molecule has 1 fully saturated rings. The van der Waals surface area contributed by atoms with Gasteiger partial charge in [0.05, 0.1) is 25.2 Å². The predicted octanol–water partition coefficient (Wildman–Crippen LogP) is 6.39. The van der Waals surface area contributed by atoms with E-state index in [1.807, 2.05) is 42.5 Å². The van der Waals surface area contributed by atoms with Gasteiger partial charge in [-0.1, -0.05) is 74.8 Å². The molecule has 3 atom stereocenters. The topological polar surface area (TPSA) is 96.9 Å². The minimum atomic E-state index is -0.806. The van der Waals surface area contributed by atoms with Crippen LogP contribution in [-0.4, -0.2) is 43.5 Å². The molecule has 0 radical (unpaired) electrons. The molecule has 2 aromatic carbocycles. The van der Waals surface area contributed by atoms with E-state index in [0.717, 1.165) is 42.4 Å². The van der Waals surface area contributed by atoms with Gasteiger partial charge in [0.2, 0.25) is 0 Å². The van der Waals surface area contributed by atoms with Crippen molar-refractivity contribution >= 4 is 23.6 Å². The van der Waals surface area contributed by atoms with Gasteiger partial charge in [0.25, 0.3) is 0 Å². The summed E-state index contributed by atoms with van der Waals surface area (Å²) in [6, 6.07) is 15.7. The summed E-state index contributed by atoms with van der Waals surface area (Å²) in [7, 11) is 0. The zero-order chi connectivity index (χ0) is 29.9. The van der Waals surface area contributed by atoms with Crippen LogP contribution in [-0.2, 0) is 32.8 Å². The molecular weight excluding hydrogens is 540 g/mol. The quantitative estimate of drug-likeness (QED) is 0.176. The third-order valence-corrected chi connectivity index (χ3v) is 8.37. The first-order valence-electron chi connectivity index (χ1n) is 14.8. The molecule has 2 amide bonds. The van der Waals surface area contributed by atoms with E-state index in [2.05, 4.69) is 37.5 Å². The van der Waals surface area contributed by atoms with Gasteiger partial charge >= 0.3 is 12.0 Å². The van der Waals surface area contributed by atoms with Crippen LogP contribution in [0.3, 0.4) is 0 Å². The van der Waals surface area contributed by atoms with E-state index < -0.39 is 5.54 Å². The van der Waals surface area contributed by atoms with Crippen LogP contribution in [0, 0.1) is 17.3 Å². The lowest BCUT2D eigenvalue weighted by molar-refractivity contribution is -0.142. The van der Waals surface area contributed by atoms with Gasteiger partial charge in [-0.15, -0.1) is 0 Å². The molecule has 0 spiro atoms. The van der Waals surface area contributed by atoms with Gasteiger partial charge in [0, 0.05) is 30.7 Å². The van der Waals surface area contributed by atoms with E-state index in [1.165, 1.54) is 0 Å². The minimum absolute atomic E-state index is 0.0874. The number of nitrogens with one attached hydrogen (secondary N) is 2. The lowest BCUT2D eigenvalue weighted by Crippen LogP contribution is -2.54. The summed E-state index contributed by atoms with van der Waals surface area (Å²) in [5.74, 6) is -0.435. The standard InChI is InChI=1S/C33H47ClN2O5/c1-5-41-30(38)15-19-35-31(39)36-33(27-12-11-26(29(34)21-27)13-17-32(2,3)4)18-14-25(28(33)22-37)16-20-40-23-24-9-7-6-8-10-24/h6-12,21,25,28,37H,5,13-20,22-23H2,1-4H3,(H2,35,36,39). The number of benzene rings is 2. The van der Waals surface area contributed by atoms with Crippen LogP contribution in [0.2, 0.25) is 5.02 Å². The van der Waals surface area contributed by atoms with E-state index in [-0.39, 0.29) is 48.8 Å². The molecule has 1 saturated carbocycles. The van der Waals surface area contributed by atoms with Gasteiger partial charge in [-0.3, -0.25) is 4.79 Å². The molecule has 8 heteroatoms. The zero-order valence-electron chi connectivity index (χ0n) is 25.0. The van der Waals surface area contributed by atoms with E-state index in [1.54, 1.807) is 6.92 Å². The van der Waals surface area contributed by atoms with Crippen molar-refractivity contribution in [2.75, 3.05) is 26.4 Å². The van der Waals surface area contributed by atoms with E-state index in [0.29, 0.717) is 31.3 Å². The Kier molecular flexibility index (Phi) is 12.5. The van der Waals surface area contributed by atoms with Crippen LogP contribution >= 0.6 is 11.6 Å². The number of rotatable bonds is 14. The molecule has 2 aromatic rings. The summed E-state index contributed by atoms with van der Waals surface area (Å²) in [5.41, 5.74) is 2.46. The summed E-state index contributed by atoms with van der Waals surface area (Å²) < 4.78 is 10.9. The van der Waals surface area contributed by atoms with Crippen molar-refractivity contribution in [1.29, 1.82) is 0 Å². The highest BCUT2D eigenvalue weighted by Gasteiger charge is 2.50. The Hall–Kier alpha value is -2.61. The summed E-state index contributed by atoms with van der Waals surface area (Å²) >= 11 is 6.81. The number of hydrogen-bond donors (Lipinski definition) is 3. The molecule has 7 nitrogen and oxygen atoms in total. The smallest absolute Gasteiger partial charge is 0.315 e. The molecule has 0 aliphatic heterocycles. The Morgan fingerprint density at radius 2 is 1.90 bits per heavy atom. The predicted molar refractivity (Wildman–Crippen MR) is 163 cm³/mol. The molecular formula is C33H47ClN2O5. The minimum Gasteiger partial charge on any atom is -0.466 e. The highest BCUT2D eigenvalue weighted by Crippen LogP contribution is 2.49. The molecule has 0 heterocycles. The van der Waals surface area contributed by atoms with Crippen LogP contribution < -0.4 is 10.6 Å². The van der Waals surface area contributed by atoms with Crippen LogP contribution in [0.25, 0.3) is 0 Å². The molecule has 41 heavy (non-hydrogen) atoms. The number of aryl methyl sites for hydroxylation is 1. The highest BCUT2D eigenvalue weighted by atomic mass is 35.5. The lowest BCUT2D eigenvalue weighted by Gasteiger charge is -2.38. The van der Waals surface area contributed by atoms with Crippen LogP contribution in [0.5, 0.6) is 0 Å². The first-order valence-corrected chi connectivity index (χ1v) is 15.2. The van der Waals surface area contributed by atoms with E-state index in [4.69, 9.17) is 21.1 Å². The summed E-state index contributed by atoms with van der Waals surface area (Å²) in [6.45, 7) is 9.85. The van der Waals surface area contributed by atoms with Crippen molar-refractivity contribution in [1.82, 2.24) is 10.6 Å². The van der Waals surface area contributed by atoms with Crippen molar-refractivity contribution < 1.29 is 24.2 Å². The van der Waals surface area contributed by atoms with Gasteiger partial charge in [0.1, 0.15) is 0 Å². The van der Waals surface area contributed by atoms with Crippen molar-refractivity contribution in [3.63, 3.8) is 0 Å². The van der Waals surface area contributed by atoms with Crippen molar-refractivity contribution in [3.05, 3.63) is 70.2 Å². The average molecular weight is 587 g/mol. The SMILES string of the molecule is CCOC(=O)CCNC(=O)NC1(c2ccc(CCC(C)(C)C)c(Cl)c2)CCC(CCOCc2ccccc2)C1CO. The molecule has 3 rings (SSSR count). The van der Waals surface area contributed by atoms with Gasteiger partial charge in [-0.2, -0.15) is 0 Å². The first-order chi connectivity index (χ1) is 19.6. The Morgan fingerprint density at radius 1 is 1.15 bits per heavy atom. The number of carbonyl (C=O) groups excluding carboxylic acids is 2. The van der Waals surface area contributed by atoms with E-state index in [9.17, 15) is 14.7 Å². The second-order valence-corrected chi connectivity index (χ2v) is 12.6. The fraction of sp³-hybridized carbons (Fsp3) is 0.576. The monoisotopic (exact) mass is 586 g/mol. The number of carbonyl (C=O) groups is 2. The zero-order valence-corrected chi connectivity index (χ0v) is 25.8. The second kappa shape index (κ2) is 15.6. The molecule has 3 N–H and O–H groups in total. The van der Waals surface area contributed by atoms with Crippen molar-refractivity contribution in [2.45, 2.75) is 78.4 Å². The van der Waals surface area contributed by atoms with Crippen LogP contribution in [0.15, 0.2) is 48.5 Å². The summed E-state index contributed by atoms with van der Waals surface area (Å²) in [6.07, 6.45) is 4.21. The third-order valence-electron chi connectivity index (χ3n) is 8.02. The number of amides is 2. The number of aliphatic hydroxyl groups excluding tert-OH is 1. The van der Waals surface area contributed by atoms with Gasteiger partial charge in [0.15, 0.2) is 0 Å². The molecule has 0 bridgehead atoms. The van der Waals surface area contributed by atoms with Gasteiger partial charge in [-0.05, 0) is 73.1 Å². The Labute approximate surface area is 250 Å². The second-order valence-electron chi connectivity index (χ2n) is 12.2. The molecule has 0 saturated heterocycles. The Bertz CT molecular complexity index is 1120. The maximum Gasteiger partial charge on any atom is 0.315 e. The summed E-state index contributed by atoms with van der Waals surface area (Å²) in [5, 5.41) is 17.3. The number of hydrogen-bond acceptors (Lipinski definition) is 5. The fourth-order valence-corrected chi connectivity index (χ4v) is 6.01.